The van der Waals surface area contributed by atoms with Crippen LogP contribution in [0.1, 0.15) is 11.7 Å². The Morgan fingerprint density at radius 2 is 1.68 bits per heavy atom. The van der Waals surface area contributed by atoms with Crippen LogP contribution in [0.3, 0.4) is 0 Å². The Kier molecular flexibility index (Phi) is 4.99. The lowest BCUT2D eigenvalue weighted by Crippen LogP contribution is -2.02. The van der Waals surface area contributed by atoms with Crippen LogP contribution in [0.15, 0.2) is 47.4 Å². The van der Waals surface area contributed by atoms with Gasteiger partial charge in [0.1, 0.15) is 5.75 Å². The highest BCUT2D eigenvalue weighted by molar-refractivity contribution is 7.99. The molecule has 0 radical (unpaired) electrons. The topological polar surface area (TPSA) is 40.5 Å². The van der Waals surface area contributed by atoms with Crippen molar-refractivity contribution < 1.29 is 10.2 Å². The van der Waals surface area contributed by atoms with Crippen LogP contribution in [-0.4, -0.2) is 16.0 Å². The van der Waals surface area contributed by atoms with Gasteiger partial charge < -0.3 is 10.2 Å². The van der Waals surface area contributed by atoms with Gasteiger partial charge >= 0.3 is 0 Å². The summed E-state index contributed by atoms with van der Waals surface area (Å²) in [5.41, 5.74) is 0.351. The van der Waals surface area contributed by atoms with Crippen molar-refractivity contribution in [3.63, 3.8) is 0 Å². The Hall–Kier alpha value is -0.870. The number of phenols is 1. The molecule has 1 atom stereocenters. The number of benzene rings is 2. The van der Waals surface area contributed by atoms with Crippen LogP contribution >= 0.6 is 35.0 Å². The van der Waals surface area contributed by atoms with Gasteiger partial charge in [-0.3, -0.25) is 0 Å². The molecule has 0 fully saturated rings. The molecule has 1 unspecified atom stereocenters. The summed E-state index contributed by atoms with van der Waals surface area (Å²) in [7, 11) is 0. The molecule has 2 aromatic carbocycles. The molecule has 2 rings (SSSR count). The van der Waals surface area contributed by atoms with Crippen LogP contribution in [0.4, 0.5) is 0 Å². The lowest BCUT2D eigenvalue weighted by molar-refractivity contribution is 0.200. The maximum Gasteiger partial charge on any atom is 0.122 e. The van der Waals surface area contributed by atoms with E-state index < -0.39 is 6.10 Å². The molecule has 0 aromatic heterocycles. The molecule has 0 saturated heterocycles. The van der Waals surface area contributed by atoms with Gasteiger partial charge in [0.05, 0.1) is 16.1 Å². The van der Waals surface area contributed by atoms with Crippen molar-refractivity contribution >= 4 is 35.0 Å². The van der Waals surface area contributed by atoms with E-state index in [9.17, 15) is 10.2 Å². The van der Waals surface area contributed by atoms with Crippen LogP contribution < -0.4 is 0 Å². The molecule has 19 heavy (non-hydrogen) atoms. The van der Waals surface area contributed by atoms with Crippen LogP contribution in [0.5, 0.6) is 5.75 Å². The minimum atomic E-state index is -0.852. The van der Waals surface area contributed by atoms with Crippen LogP contribution in [0.2, 0.25) is 10.0 Å². The number of halogens is 2. The van der Waals surface area contributed by atoms with Gasteiger partial charge in [-0.05, 0) is 24.3 Å². The van der Waals surface area contributed by atoms with E-state index in [4.69, 9.17) is 23.2 Å². The van der Waals surface area contributed by atoms with E-state index in [0.717, 1.165) is 4.90 Å². The van der Waals surface area contributed by atoms with Crippen molar-refractivity contribution in [2.45, 2.75) is 11.0 Å². The van der Waals surface area contributed by atoms with Gasteiger partial charge in [0, 0.05) is 16.2 Å². The molecule has 0 aliphatic carbocycles. The van der Waals surface area contributed by atoms with E-state index in [-0.39, 0.29) is 5.75 Å². The Bertz CT molecular complexity index is 555. The molecule has 0 heterocycles. The molecule has 2 aromatic rings. The lowest BCUT2D eigenvalue weighted by Gasteiger charge is -2.14. The summed E-state index contributed by atoms with van der Waals surface area (Å²) in [6.45, 7) is 0. The molecule has 2 N–H and O–H groups in total. The zero-order valence-electron chi connectivity index (χ0n) is 9.88. The summed E-state index contributed by atoms with van der Waals surface area (Å²) in [5.74, 6) is 0.362. The van der Waals surface area contributed by atoms with Gasteiger partial charge in [-0.15, -0.1) is 11.8 Å². The summed E-state index contributed by atoms with van der Waals surface area (Å²) in [5, 5.41) is 20.9. The van der Waals surface area contributed by atoms with Crippen LogP contribution in [0, 0.1) is 0 Å². The molecular weight excluding hydrogens is 303 g/mol. The first-order valence-electron chi connectivity index (χ1n) is 5.62. The summed E-state index contributed by atoms with van der Waals surface area (Å²) in [6.07, 6.45) is -0.852. The number of hydrogen-bond donors (Lipinski definition) is 2. The fourth-order valence-electron chi connectivity index (χ4n) is 1.67. The SMILES string of the molecule is Oc1cccc(Cl)c1C(O)CSc1ccccc1Cl. The quantitative estimate of drug-likeness (QED) is 0.815. The van der Waals surface area contributed by atoms with E-state index >= 15 is 0 Å². The fraction of sp³-hybridized carbons (Fsp3) is 0.143. The molecule has 0 amide bonds. The van der Waals surface area contributed by atoms with E-state index in [1.54, 1.807) is 18.2 Å². The van der Waals surface area contributed by atoms with Gasteiger partial charge in [0.2, 0.25) is 0 Å². The van der Waals surface area contributed by atoms with E-state index in [2.05, 4.69) is 0 Å². The standard InChI is InChI=1S/C14H12Cl2O2S/c15-9-4-1-2-7-13(9)19-8-12(18)14-10(16)5-3-6-11(14)17/h1-7,12,17-18H,8H2. The van der Waals surface area contributed by atoms with Crippen LogP contribution in [0.25, 0.3) is 0 Å². The number of rotatable bonds is 4. The molecule has 0 aliphatic rings. The average Bonchev–Trinajstić information content (AvgIpc) is 2.37. The summed E-state index contributed by atoms with van der Waals surface area (Å²) < 4.78 is 0. The molecule has 0 saturated carbocycles. The monoisotopic (exact) mass is 314 g/mol. The second-order valence-electron chi connectivity index (χ2n) is 3.93. The molecule has 0 aliphatic heterocycles. The first-order chi connectivity index (χ1) is 9.09. The third kappa shape index (κ3) is 3.57. The minimum absolute atomic E-state index is 0.000224. The van der Waals surface area contributed by atoms with Gasteiger partial charge in [0.25, 0.3) is 0 Å². The van der Waals surface area contributed by atoms with E-state index in [1.165, 1.54) is 17.8 Å². The molecule has 2 nitrogen and oxygen atoms in total. The largest absolute Gasteiger partial charge is 0.508 e. The summed E-state index contributed by atoms with van der Waals surface area (Å²) in [6, 6.07) is 12.2. The number of aromatic hydroxyl groups is 1. The van der Waals surface area contributed by atoms with Crippen LogP contribution in [-0.2, 0) is 0 Å². The Balaban J connectivity index is 2.10. The predicted octanol–water partition coefficient (Wildman–Crippen LogP) is 4.52. The van der Waals surface area contributed by atoms with E-state index in [0.29, 0.717) is 21.4 Å². The molecule has 100 valence electrons. The van der Waals surface area contributed by atoms with Gasteiger partial charge in [0.15, 0.2) is 0 Å². The zero-order valence-corrected chi connectivity index (χ0v) is 12.2. The van der Waals surface area contributed by atoms with Crippen molar-refractivity contribution in [1.29, 1.82) is 0 Å². The molecule has 0 bridgehead atoms. The first kappa shape index (κ1) is 14.5. The van der Waals surface area contributed by atoms with Crippen molar-refractivity contribution in [2.75, 3.05) is 5.75 Å². The number of aliphatic hydroxyl groups excluding tert-OH is 1. The van der Waals surface area contributed by atoms with Crippen molar-refractivity contribution in [2.24, 2.45) is 0 Å². The average molecular weight is 315 g/mol. The van der Waals surface area contributed by atoms with Gasteiger partial charge in [-0.25, -0.2) is 0 Å². The molecule has 5 heteroatoms. The zero-order chi connectivity index (χ0) is 13.8. The highest BCUT2D eigenvalue weighted by Crippen LogP contribution is 2.35. The Morgan fingerprint density at radius 3 is 2.37 bits per heavy atom. The number of hydrogen-bond acceptors (Lipinski definition) is 3. The highest BCUT2D eigenvalue weighted by Gasteiger charge is 2.16. The normalized spacial score (nSPS) is 12.4. The first-order valence-corrected chi connectivity index (χ1v) is 7.36. The van der Waals surface area contributed by atoms with Crippen molar-refractivity contribution in [3.8, 4) is 5.75 Å². The lowest BCUT2D eigenvalue weighted by atomic mass is 10.1. The third-order valence-electron chi connectivity index (χ3n) is 2.60. The predicted molar refractivity (Wildman–Crippen MR) is 80.3 cm³/mol. The highest BCUT2D eigenvalue weighted by atomic mass is 35.5. The molecular formula is C14H12Cl2O2S. The summed E-state index contributed by atoms with van der Waals surface area (Å²) in [4.78, 5) is 0.884. The fourth-order valence-corrected chi connectivity index (χ4v) is 3.15. The van der Waals surface area contributed by atoms with Gasteiger partial charge in [-0.2, -0.15) is 0 Å². The maximum absolute atomic E-state index is 10.1. The van der Waals surface area contributed by atoms with Gasteiger partial charge in [-0.1, -0.05) is 41.4 Å². The Labute approximate surface area is 126 Å². The second kappa shape index (κ2) is 6.53. The number of aliphatic hydroxyl groups is 1. The minimum Gasteiger partial charge on any atom is -0.508 e. The maximum atomic E-state index is 10.1. The smallest absolute Gasteiger partial charge is 0.122 e. The van der Waals surface area contributed by atoms with Crippen molar-refractivity contribution in [1.82, 2.24) is 0 Å². The molecule has 0 spiro atoms. The van der Waals surface area contributed by atoms with E-state index in [1.807, 2.05) is 18.2 Å². The number of phenolic OH excluding ortho intramolecular Hbond substituents is 1. The summed E-state index contributed by atoms with van der Waals surface area (Å²) >= 11 is 13.4. The third-order valence-corrected chi connectivity index (χ3v) is 4.52. The van der Waals surface area contributed by atoms with Crippen molar-refractivity contribution in [3.05, 3.63) is 58.1 Å². The second-order valence-corrected chi connectivity index (χ2v) is 5.81. The number of thioether (sulfide) groups is 1. The Morgan fingerprint density at radius 1 is 1.00 bits per heavy atom.